The highest BCUT2D eigenvalue weighted by Crippen LogP contribution is 2.16. The van der Waals surface area contributed by atoms with E-state index in [0.29, 0.717) is 10.7 Å². The number of nitrogens with zero attached hydrogens (tertiary/aromatic N) is 1. The maximum absolute atomic E-state index is 12.3. The standard InChI is InChI=1S/C18H21ClN2O3S/c1-3-15-6-4-5-7-17(15)20-18(22)13-21(25(2,23)24)12-14-8-10-16(19)11-9-14/h4-11H,3,12-13H2,1-2H3,(H,20,22). The van der Waals surface area contributed by atoms with E-state index in [1.807, 2.05) is 25.1 Å². The fourth-order valence-electron chi connectivity index (χ4n) is 2.38. The summed E-state index contributed by atoms with van der Waals surface area (Å²) >= 11 is 5.85. The Balaban J connectivity index is 2.11. The fourth-order valence-corrected chi connectivity index (χ4v) is 3.25. The van der Waals surface area contributed by atoms with Gasteiger partial charge in [-0.15, -0.1) is 0 Å². The Morgan fingerprint density at radius 1 is 1.12 bits per heavy atom. The Kier molecular flexibility index (Phi) is 6.58. The molecule has 0 aliphatic rings. The molecule has 0 spiro atoms. The summed E-state index contributed by atoms with van der Waals surface area (Å²) in [5.74, 6) is -0.375. The van der Waals surface area contributed by atoms with E-state index in [2.05, 4.69) is 5.32 Å². The van der Waals surface area contributed by atoms with E-state index >= 15 is 0 Å². The topological polar surface area (TPSA) is 66.5 Å². The molecular formula is C18H21ClN2O3S. The summed E-state index contributed by atoms with van der Waals surface area (Å²) in [5, 5.41) is 3.37. The fraction of sp³-hybridized carbons (Fsp3) is 0.278. The number of halogens is 1. The first-order valence-corrected chi connectivity index (χ1v) is 10.1. The number of benzene rings is 2. The van der Waals surface area contributed by atoms with Crippen molar-refractivity contribution in [2.24, 2.45) is 0 Å². The Morgan fingerprint density at radius 2 is 1.76 bits per heavy atom. The Hall–Kier alpha value is -1.89. The third-order valence-electron chi connectivity index (χ3n) is 3.73. The normalized spacial score (nSPS) is 11.5. The van der Waals surface area contributed by atoms with Crippen LogP contribution in [0.5, 0.6) is 0 Å². The molecule has 0 saturated heterocycles. The van der Waals surface area contributed by atoms with Crippen LogP contribution in [-0.4, -0.2) is 31.4 Å². The molecule has 0 aromatic heterocycles. The van der Waals surface area contributed by atoms with Gasteiger partial charge < -0.3 is 5.32 Å². The molecule has 0 atom stereocenters. The SMILES string of the molecule is CCc1ccccc1NC(=O)CN(Cc1ccc(Cl)cc1)S(C)(=O)=O. The van der Waals surface area contributed by atoms with Crippen LogP contribution in [0.15, 0.2) is 48.5 Å². The maximum atomic E-state index is 12.3. The smallest absolute Gasteiger partial charge is 0.239 e. The maximum Gasteiger partial charge on any atom is 0.239 e. The summed E-state index contributed by atoms with van der Waals surface area (Å²) in [6, 6.07) is 14.3. The van der Waals surface area contributed by atoms with Crippen molar-refractivity contribution in [1.82, 2.24) is 4.31 Å². The second kappa shape index (κ2) is 8.47. The van der Waals surface area contributed by atoms with E-state index in [1.54, 1.807) is 30.3 Å². The summed E-state index contributed by atoms with van der Waals surface area (Å²) in [7, 11) is -3.54. The van der Waals surface area contributed by atoms with Crippen LogP contribution in [-0.2, 0) is 27.8 Å². The molecule has 0 aliphatic carbocycles. The van der Waals surface area contributed by atoms with Crippen molar-refractivity contribution in [1.29, 1.82) is 0 Å². The van der Waals surface area contributed by atoms with Crippen LogP contribution in [0.3, 0.4) is 0 Å². The average molecular weight is 381 g/mol. The molecule has 0 radical (unpaired) electrons. The number of nitrogens with one attached hydrogen (secondary N) is 1. The number of anilines is 1. The minimum atomic E-state index is -3.54. The van der Waals surface area contributed by atoms with E-state index in [-0.39, 0.29) is 19.0 Å². The van der Waals surface area contributed by atoms with Gasteiger partial charge in [-0.3, -0.25) is 4.79 Å². The molecule has 5 nitrogen and oxygen atoms in total. The first kappa shape index (κ1) is 19.4. The Morgan fingerprint density at radius 3 is 2.36 bits per heavy atom. The van der Waals surface area contributed by atoms with Gasteiger partial charge in [-0.2, -0.15) is 4.31 Å². The van der Waals surface area contributed by atoms with Gasteiger partial charge in [0.05, 0.1) is 12.8 Å². The molecule has 134 valence electrons. The molecule has 2 aromatic rings. The van der Waals surface area contributed by atoms with Gasteiger partial charge in [-0.25, -0.2) is 8.42 Å². The molecule has 0 heterocycles. The Labute approximate surface area is 153 Å². The minimum Gasteiger partial charge on any atom is -0.325 e. The molecule has 0 saturated carbocycles. The lowest BCUT2D eigenvalue weighted by Gasteiger charge is -2.20. The number of carbonyl (C=O) groups excluding carboxylic acids is 1. The molecular weight excluding hydrogens is 360 g/mol. The van der Waals surface area contributed by atoms with Gasteiger partial charge >= 0.3 is 0 Å². The molecule has 7 heteroatoms. The van der Waals surface area contributed by atoms with Crippen LogP contribution in [0.25, 0.3) is 0 Å². The zero-order chi connectivity index (χ0) is 18.4. The van der Waals surface area contributed by atoms with E-state index in [4.69, 9.17) is 11.6 Å². The van der Waals surface area contributed by atoms with Crippen molar-refractivity contribution in [3.8, 4) is 0 Å². The van der Waals surface area contributed by atoms with Gasteiger partial charge in [0.25, 0.3) is 0 Å². The van der Waals surface area contributed by atoms with Crippen molar-refractivity contribution in [2.75, 3.05) is 18.1 Å². The van der Waals surface area contributed by atoms with Gasteiger partial charge in [0.15, 0.2) is 0 Å². The number of amides is 1. The molecule has 0 aliphatic heterocycles. The number of hydrogen-bond donors (Lipinski definition) is 1. The van der Waals surface area contributed by atoms with E-state index < -0.39 is 10.0 Å². The third-order valence-corrected chi connectivity index (χ3v) is 5.18. The lowest BCUT2D eigenvalue weighted by molar-refractivity contribution is -0.116. The summed E-state index contributed by atoms with van der Waals surface area (Å²) in [5.41, 5.74) is 2.46. The third kappa shape index (κ3) is 5.85. The first-order chi connectivity index (χ1) is 11.8. The lowest BCUT2D eigenvalue weighted by Crippen LogP contribution is -2.37. The zero-order valence-corrected chi connectivity index (χ0v) is 15.8. The summed E-state index contributed by atoms with van der Waals surface area (Å²) in [6.45, 7) is 1.85. The highest BCUT2D eigenvalue weighted by atomic mass is 35.5. The Bertz CT molecular complexity index is 836. The van der Waals surface area contributed by atoms with Gasteiger partial charge in [-0.1, -0.05) is 48.9 Å². The minimum absolute atomic E-state index is 0.110. The van der Waals surface area contributed by atoms with Crippen molar-refractivity contribution in [3.63, 3.8) is 0 Å². The lowest BCUT2D eigenvalue weighted by atomic mass is 10.1. The quantitative estimate of drug-likeness (QED) is 0.801. The largest absolute Gasteiger partial charge is 0.325 e. The van der Waals surface area contributed by atoms with Gasteiger partial charge in [0.2, 0.25) is 15.9 Å². The average Bonchev–Trinajstić information content (AvgIpc) is 2.56. The van der Waals surface area contributed by atoms with Crippen molar-refractivity contribution in [2.45, 2.75) is 19.9 Å². The molecule has 0 bridgehead atoms. The first-order valence-electron chi connectivity index (χ1n) is 7.87. The molecule has 0 fully saturated rings. The highest BCUT2D eigenvalue weighted by Gasteiger charge is 2.21. The van der Waals surface area contributed by atoms with Gasteiger partial charge in [0.1, 0.15) is 0 Å². The monoisotopic (exact) mass is 380 g/mol. The predicted molar refractivity (Wildman–Crippen MR) is 101 cm³/mol. The number of hydrogen-bond acceptors (Lipinski definition) is 3. The van der Waals surface area contributed by atoms with Crippen LogP contribution in [0.2, 0.25) is 5.02 Å². The summed E-state index contributed by atoms with van der Waals surface area (Å²) < 4.78 is 25.2. The predicted octanol–water partition coefficient (Wildman–Crippen LogP) is 3.30. The summed E-state index contributed by atoms with van der Waals surface area (Å²) in [6.07, 6.45) is 1.87. The van der Waals surface area contributed by atoms with Crippen LogP contribution >= 0.6 is 11.6 Å². The molecule has 2 aromatic carbocycles. The van der Waals surface area contributed by atoms with Crippen molar-refractivity contribution in [3.05, 3.63) is 64.7 Å². The van der Waals surface area contributed by atoms with E-state index in [1.165, 1.54) is 0 Å². The van der Waals surface area contributed by atoms with Crippen LogP contribution in [0.1, 0.15) is 18.1 Å². The highest BCUT2D eigenvalue weighted by molar-refractivity contribution is 7.88. The molecule has 0 unspecified atom stereocenters. The van der Waals surface area contributed by atoms with Crippen molar-refractivity contribution >= 4 is 33.2 Å². The number of sulfonamides is 1. The zero-order valence-electron chi connectivity index (χ0n) is 14.2. The number of carbonyl (C=O) groups is 1. The summed E-state index contributed by atoms with van der Waals surface area (Å²) in [4.78, 5) is 12.3. The molecule has 2 rings (SSSR count). The molecule has 25 heavy (non-hydrogen) atoms. The van der Waals surface area contributed by atoms with Gasteiger partial charge in [-0.05, 0) is 35.7 Å². The molecule has 1 amide bonds. The van der Waals surface area contributed by atoms with Crippen LogP contribution < -0.4 is 5.32 Å². The second-order valence-corrected chi connectivity index (χ2v) is 8.14. The second-order valence-electron chi connectivity index (χ2n) is 5.72. The number of rotatable bonds is 7. The van der Waals surface area contributed by atoms with Gasteiger partial charge in [0, 0.05) is 17.3 Å². The van der Waals surface area contributed by atoms with E-state index in [9.17, 15) is 13.2 Å². The van der Waals surface area contributed by atoms with Crippen LogP contribution in [0.4, 0.5) is 5.69 Å². The van der Waals surface area contributed by atoms with E-state index in [0.717, 1.165) is 28.1 Å². The molecule has 1 N–H and O–H groups in total. The van der Waals surface area contributed by atoms with Crippen molar-refractivity contribution < 1.29 is 13.2 Å². The number of aryl methyl sites for hydroxylation is 1. The number of para-hydroxylation sites is 1. The van der Waals surface area contributed by atoms with Crippen LogP contribution in [0, 0.1) is 0 Å².